The van der Waals surface area contributed by atoms with Crippen LogP contribution < -0.4 is 5.32 Å². The molecular weight excluding hydrogens is 322 g/mol. The topological polar surface area (TPSA) is 55.6 Å². The molecule has 1 fully saturated rings. The molecule has 0 radical (unpaired) electrons. The minimum absolute atomic E-state index is 0.294. The van der Waals surface area contributed by atoms with Gasteiger partial charge in [-0.3, -0.25) is 0 Å². The summed E-state index contributed by atoms with van der Waals surface area (Å²) in [5, 5.41) is 3.58. The molecule has 0 saturated carbocycles. The molecule has 0 amide bonds. The number of benzene rings is 1. The van der Waals surface area contributed by atoms with Gasteiger partial charge in [0.25, 0.3) is 0 Å². The summed E-state index contributed by atoms with van der Waals surface area (Å²) in [5.41, 5.74) is 4.12. The second-order valence-corrected chi connectivity index (χ2v) is 7.21. The van der Waals surface area contributed by atoms with E-state index in [2.05, 4.69) is 53.0 Å². The zero-order valence-electron chi connectivity index (χ0n) is 15.4. The molecule has 26 heavy (non-hydrogen) atoms. The summed E-state index contributed by atoms with van der Waals surface area (Å²) in [6.07, 6.45) is 6.26. The van der Waals surface area contributed by atoms with Crippen LogP contribution in [0.4, 0.5) is 0 Å². The van der Waals surface area contributed by atoms with Crippen LogP contribution in [0.25, 0.3) is 22.6 Å². The van der Waals surface area contributed by atoms with Crippen molar-refractivity contribution in [2.24, 2.45) is 0 Å². The van der Waals surface area contributed by atoms with Crippen molar-refractivity contribution in [3.8, 4) is 22.6 Å². The largest absolute Gasteiger partial charge is 0.327 e. The highest BCUT2D eigenvalue weighted by molar-refractivity contribution is 5.76. The van der Waals surface area contributed by atoms with Gasteiger partial charge in [-0.15, -0.1) is 0 Å². The average molecular weight is 347 g/mol. The molecule has 0 bridgehead atoms. The Morgan fingerprint density at radius 3 is 2.73 bits per heavy atom. The first-order valence-corrected chi connectivity index (χ1v) is 9.39. The Labute approximate surface area is 154 Å². The number of hydrogen-bond acceptors (Lipinski definition) is 4. The van der Waals surface area contributed by atoms with E-state index >= 15 is 0 Å². The van der Waals surface area contributed by atoms with Crippen LogP contribution in [0.15, 0.2) is 48.9 Å². The van der Waals surface area contributed by atoms with Crippen LogP contribution in [0, 0.1) is 0 Å². The van der Waals surface area contributed by atoms with Crippen LogP contribution in [0.5, 0.6) is 0 Å². The van der Waals surface area contributed by atoms with E-state index in [1.165, 1.54) is 12.8 Å². The number of aromatic nitrogens is 4. The van der Waals surface area contributed by atoms with Crippen molar-refractivity contribution in [2.45, 2.75) is 45.2 Å². The first kappa shape index (κ1) is 16.9. The molecule has 1 aliphatic heterocycles. The molecular formula is C21H25N5. The summed E-state index contributed by atoms with van der Waals surface area (Å²) in [4.78, 5) is 14.0. The highest BCUT2D eigenvalue weighted by atomic mass is 15.1. The fourth-order valence-electron chi connectivity index (χ4n) is 3.53. The van der Waals surface area contributed by atoms with Crippen molar-refractivity contribution in [1.82, 2.24) is 24.8 Å². The maximum absolute atomic E-state index is 4.84. The minimum Gasteiger partial charge on any atom is -0.327 e. The lowest BCUT2D eigenvalue weighted by molar-refractivity contribution is 0.511. The van der Waals surface area contributed by atoms with Crippen molar-refractivity contribution < 1.29 is 0 Å². The molecule has 1 aromatic carbocycles. The molecule has 3 heterocycles. The van der Waals surface area contributed by atoms with Crippen LogP contribution >= 0.6 is 0 Å². The molecule has 5 nitrogen and oxygen atoms in total. The summed E-state index contributed by atoms with van der Waals surface area (Å²) >= 11 is 0. The van der Waals surface area contributed by atoms with Gasteiger partial charge >= 0.3 is 0 Å². The number of hydrogen-bond donors (Lipinski definition) is 1. The molecule has 0 aliphatic carbocycles. The average Bonchev–Trinajstić information content (AvgIpc) is 3.33. The van der Waals surface area contributed by atoms with Gasteiger partial charge in [0.1, 0.15) is 5.82 Å². The van der Waals surface area contributed by atoms with E-state index in [0.29, 0.717) is 12.0 Å². The Morgan fingerprint density at radius 1 is 1.15 bits per heavy atom. The monoisotopic (exact) mass is 347 g/mol. The van der Waals surface area contributed by atoms with Crippen molar-refractivity contribution in [2.75, 3.05) is 6.54 Å². The van der Waals surface area contributed by atoms with Crippen LogP contribution in [0.1, 0.15) is 38.4 Å². The van der Waals surface area contributed by atoms with Gasteiger partial charge in [0, 0.05) is 30.3 Å². The molecule has 2 aromatic heterocycles. The lowest BCUT2D eigenvalue weighted by atomic mass is 10.1. The second kappa shape index (κ2) is 7.38. The predicted octanol–water partition coefficient (Wildman–Crippen LogP) is 3.88. The van der Waals surface area contributed by atoms with E-state index in [1.54, 1.807) is 0 Å². The summed E-state index contributed by atoms with van der Waals surface area (Å²) in [6.45, 7) is 6.26. The molecule has 1 saturated heterocycles. The van der Waals surface area contributed by atoms with Gasteiger partial charge in [0.15, 0.2) is 0 Å². The Morgan fingerprint density at radius 2 is 2.00 bits per heavy atom. The molecule has 3 aromatic rings. The lowest BCUT2D eigenvalue weighted by Crippen LogP contribution is -2.26. The molecule has 1 atom stereocenters. The van der Waals surface area contributed by atoms with E-state index in [-0.39, 0.29) is 0 Å². The normalized spacial score (nSPS) is 17.1. The molecule has 5 heteroatoms. The minimum atomic E-state index is 0.294. The van der Waals surface area contributed by atoms with Crippen molar-refractivity contribution >= 4 is 0 Å². The van der Waals surface area contributed by atoms with Crippen LogP contribution in [0.2, 0.25) is 0 Å². The summed E-state index contributed by atoms with van der Waals surface area (Å²) < 4.78 is 2.25. The number of nitrogens with one attached hydrogen (secondary N) is 1. The SMILES string of the molecule is CC(C)c1nccc(-c2c(-c3ccccc3)ncn2C[C@H]2CCCN2)n1. The molecule has 1 N–H and O–H groups in total. The Bertz CT molecular complexity index is 863. The molecule has 1 aliphatic rings. The van der Waals surface area contributed by atoms with Gasteiger partial charge < -0.3 is 9.88 Å². The quantitative estimate of drug-likeness (QED) is 0.761. The summed E-state index contributed by atoms with van der Waals surface area (Å²) in [5.74, 6) is 1.16. The predicted molar refractivity (Wildman–Crippen MR) is 104 cm³/mol. The maximum Gasteiger partial charge on any atom is 0.131 e. The van der Waals surface area contributed by atoms with E-state index in [4.69, 9.17) is 9.97 Å². The standard InChI is InChI=1S/C21H25N5/c1-15(2)21-23-12-10-18(25-21)20-19(16-7-4-3-5-8-16)24-14-26(20)13-17-9-6-11-22-17/h3-5,7-8,10,12,14-15,17,22H,6,9,11,13H2,1-2H3/t17-/m1/s1. The van der Waals surface area contributed by atoms with E-state index in [1.807, 2.05) is 24.7 Å². The molecule has 0 unspecified atom stereocenters. The van der Waals surface area contributed by atoms with Gasteiger partial charge in [0.05, 0.1) is 23.4 Å². The van der Waals surface area contributed by atoms with Gasteiger partial charge in [-0.05, 0) is 25.5 Å². The van der Waals surface area contributed by atoms with Gasteiger partial charge in [-0.25, -0.2) is 15.0 Å². The molecule has 134 valence electrons. The smallest absolute Gasteiger partial charge is 0.131 e. The zero-order valence-corrected chi connectivity index (χ0v) is 15.4. The summed E-state index contributed by atoms with van der Waals surface area (Å²) in [7, 11) is 0. The van der Waals surface area contributed by atoms with Crippen LogP contribution in [-0.4, -0.2) is 32.1 Å². The van der Waals surface area contributed by atoms with Crippen molar-refractivity contribution in [1.29, 1.82) is 0 Å². The first-order valence-electron chi connectivity index (χ1n) is 9.39. The fourth-order valence-corrected chi connectivity index (χ4v) is 3.53. The van der Waals surface area contributed by atoms with Crippen molar-refractivity contribution in [3.05, 3.63) is 54.7 Å². The first-order chi connectivity index (χ1) is 12.7. The van der Waals surface area contributed by atoms with Crippen LogP contribution in [0.3, 0.4) is 0 Å². The maximum atomic E-state index is 4.84. The highest BCUT2D eigenvalue weighted by Gasteiger charge is 2.21. The third kappa shape index (κ3) is 3.40. The van der Waals surface area contributed by atoms with Gasteiger partial charge in [0.2, 0.25) is 0 Å². The molecule has 4 rings (SSSR count). The number of nitrogens with zero attached hydrogens (tertiary/aromatic N) is 4. The zero-order chi connectivity index (χ0) is 17.9. The number of imidazole rings is 1. The summed E-state index contributed by atoms with van der Waals surface area (Å²) in [6, 6.07) is 12.8. The molecule has 0 spiro atoms. The number of rotatable bonds is 5. The van der Waals surface area contributed by atoms with Gasteiger partial charge in [-0.1, -0.05) is 44.2 Å². The van der Waals surface area contributed by atoms with Gasteiger partial charge in [-0.2, -0.15) is 0 Å². The Balaban J connectivity index is 1.81. The second-order valence-electron chi connectivity index (χ2n) is 7.21. The Hall–Kier alpha value is -2.53. The Kier molecular flexibility index (Phi) is 4.80. The third-order valence-electron chi connectivity index (χ3n) is 4.90. The lowest BCUT2D eigenvalue weighted by Gasteiger charge is -2.15. The van der Waals surface area contributed by atoms with E-state index in [9.17, 15) is 0 Å². The fraction of sp³-hybridized carbons (Fsp3) is 0.381. The van der Waals surface area contributed by atoms with Crippen LogP contribution in [-0.2, 0) is 6.54 Å². The third-order valence-corrected chi connectivity index (χ3v) is 4.90. The van der Waals surface area contributed by atoms with E-state index < -0.39 is 0 Å². The highest BCUT2D eigenvalue weighted by Crippen LogP contribution is 2.31. The van der Waals surface area contributed by atoms with E-state index in [0.717, 1.165) is 41.6 Å². The van der Waals surface area contributed by atoms with Crippen molar-refractivity contribution in [3.63, 3.8) is 0 Å².